The van der Waals surface area contributed by atoms with E-state index in [0.29, 0.717) is 19.8 Å². The number of carbonyl (C=O) groups excluding carboxylic acids is 1. The Morgan fingerprint density at radius 2 is 2.05 bits per heavy atom. The summed E-state index contributed by atoms with van der Waals surface area (Å²) in [6, 6.07) is 7.13. The zero-order chi connectivity index (χ0) is 15.4. The van der Waals surface area contributed by atoms with Crippen molar-refractivity contribution in [3.8, 4) is 11.5 Å². The maximum atomic E-state index is 11.9. The molecule has 0 saturated carbocycles. The number of ether oxygens (including phenoxy) is 2. The first-order chi connectivity index (χ1) is 10.7. The minimum Gasteiger partial charge on any atom is -0.486 e. The van der Waals surface area contributed by atoms with E-state index in [9.17, 15) is 4.79 Å². The topological polar surface area (TPSA) is 72.7 Å². The molecule has 2 N–H and O–H groups in total. The summed E-state index contributed by atoms with van der Waals surface area (Å²) >= 11 is 0. The van der Waals surface area contributed by atoms with Gasteiger partial charge in [-0.3, -0.25) is 0 Å². The van der Waals surface area contributed by atoms with E-state index in [1.807, 2.05) is 31.2 Å². The van der Waals surface area contributed by atoms with E-state index >= 15 is 0 Å². The average Bonchev–Trinajstić information content (AvgIpc) is 3.06. The quantitative estimate of drug-likeness (QED) is 0.910. The molecule has 0 saturated heterocycles. The van der Waals surface area contributed by atoms with Crippen LogP contribution in [-0.4, -0.2) is 19.2 Å². The van der Waals surface area contributed by atoms with Gasteiger partial charge in [0.05, 0.1) is 18.6 Å². The Kier molecular flexibility index (Phi) is 4.18. The van der Waals surface area contributed by atoms with Crippen LogP contribution in [-0.2, 0) is 6.54 Å². The summed E-state index contributed by atoms with van der Waals surface area (Å²) < 4.78 is 16.0. The first-order valence-corrected chi connectivity index (χ1v) is 7.17. The van der Waals surface area contributed by atoms with Crippen molar-refractivity contribution in [2.24, 2.45) is 0 Å². The molecule has 22 heavy (non-hydrogen) atoms. The molecule has 2 heterocycles. The highest BCUT2D eigenvalue weighted by Crippen LogP contribution is 2.32. The van der Waals surface area contributed by atoms with Gasteiger partial charge >= 0.3 is 6.03 Å². The molecule has 0 spiro atoms. The molecule has 0 fully saturated rings. The number of benzene rings is 1. The summed E-state index contributed by atoms with van der Waals surface area (Å²) in [6.07, 6.45) is 3.18. The third kappa shape index (κ3) is 3.33. The second-order valence-electron chi connectivity index (χ2n) is 5.08. The minimum absolute atomic E-state index is 0.139. The minimum atomic E-state index is -0.233. The lowest BCUT2D eigenvalue weighted by molar-refractivity contribution is 0.171. The van der Waals surface area contributed by atoms with Crippen LogP contribution in [0.1, 0.15) is 24.1 Å². The first kappa shape index (κ1) is 14.3. The van der Waals surface area contributed by atoms with Gasteiger partial charge in [-0.2, -0.15) is 0 Å². The summed E-state index contributed by atoms with van der Waals surface area (Å²) in [5, 5.41) is 5.67. The molecule has 1 aliphatic heterocycles. The van der Waals surface area contributed by atoms with Crippen molar-refractivity contribution in [1.82, 2.24) is 10.6 Å². The number of nitrogens with one attached hydrogen (secondary N) is 2. The van der Waals surface area contributed by atoms with Crippen LogP contribution in [0.2, 0.25) is 0 Å². The van der Waals surface area contributed by atoms with E-state index in [1.165, 1.54) is 0 Å². The van der Waals surface area contributed by atoms with E-state index in [1.54, 1.807) is 12.5 Å². The van der Waals surface area contributed by atoms with Crippen molar-refractivity contribution in [3.05, 3.63) is 47.9 Å². The number of rotatable bonds is 4. The lowest BCUT2D eigenvalue weighted by Gasteiger charge is -2.21. The van der Waals surface area contributed by atoms with Crippen LogP contribution in [0.15, 0.2) is 41.2 Å². The fourth-order valence-corrected chi connectivity index (χ4v) is 2.24. The molecule has 1 aromatic carbocycles. The third-order valence-corrected chi connectivity index (χ3v) is 3.45. The Labute approximate surface area is 128 Å². The predicted molar refractivity (Wildman–Crippen MR) is 79.9 cm³/mol. The molecule has 2 amide bonds. The number of hydrogen-bond acceptors (Lipinski definition) is 4. The Hall–Kier alpha value is -2.63. The van der Waals surface area contributed by atoms with Gasteiger partial charge in [0.2, 0.25) is 0 Å². The molecule has 1 aliphatic rings. The van der Waals surface area contributed by atoms with Crippen molar-refractivity contribution in [3.63, 3.8) is 0 Å². The number of carbonyl (C=O) groups is 1. The molecule has 1 atom stereocenters. The average molecular weight is 302 g/mol. The van der Waals surface area contributed by atoms with E-state index in [4.69, 9.17) is 13.9 Å². The molecule has 0 bridgehead atoms. The Morgan fingerprint density at radius 1 is 1.23 bits per heavy atom. The molecule has 2 aromatic rings. The third-order valence-electron chi connectivity index (χ3n) is 3.45. The van der Waals surface area contributed by atoms with E-state index < -0.39 is 0 Å². The fraction of sp³-hybridized carbons (Fsp3) is 0.312. The fourth-order valence-electron chi connectivity index (χ4n) is 2.24. The maximum absolute atomic E-state index is 11.9. The summed E-state index contributed by atoms with van der Waals surface area (Å²) in [6.45, 7) is 3.46. The highest BCUT2D eigenvalue weighted by Gasteiger charge is 2.15. The highest BCUT2D eigenvalue weighted by molar-refractivity contribution is 5.74. The molecular weight excluding hydrogens is 284 g/mol. The van der Waals surface area contributed by atoms with Crippen LogP contribution in [0.4, 0.5) is 4.79 Å². The molecule has 0 radical (unpaired) electrons. The van der Waals surface area contributed by atoms with Gasteiger partial charge in [-0.15, -0.1) is 0 Å². The molecular formula is C16H18N2O4. The second kappa shape index (κ2) is 6.43. The zero-order valence-corrected chi connectivity index (χ0v) is 12.3. The number of hydrogen-bond donors (Lipinski definition) is 2. The van der Waals surface area contributed by atoms with Gasteiger partial charge in [-0.05, 0) is 30.7 Å². The van der Waals surface area contributed by atoms with Crippen molar-refractivity contribution < 1.29 is 18.7 Å². The maximum Gasteiger partial charge on any atom is 0.315 e. The lowest BCUT2D eigenvalue weighted by atomic mass is 10.1. The van der Waals surface area contributed by atoms with Crippen LogP contribution in [0.5, 0.6) is 11.5 Å². The first-order valence-electron chi connectivity index (χ1n) is 7.17. The summed E-state index contributed by atoms with van der Waals surface area (Å²) in [5.74, 6) is 1.46. The Bertz CT molecular complexity index is 640. The van der Waals surface area contributed by atoms with Crippen molar-refractivity contribution in [2.45, 2.75) is 19.5 Å². The van der Waals surface area contributed by atoms with Gasteiger partial charge in [0.25, 0.3) is 0 Å². The van der Waals surface area contributed by atoms with E-state index in [2.05, 4.69) is 10.6 Å². The zero-order valence-electron chi connectivity index (χ0n) is 12.3. The predicted octanol–water partition coefficient (Wildman–Crippen LogP) is 2.61. The summed E-state index contributed by atoms with van der Waals surface area (Å²) in [4.78, 5) is 11.9. The van der Waals surface area contributed by atoms with Crippen LogP contribution in [0, 0.1) is 0 Å². The molecule has 6 nitrogen and oxygen atoms in total. The summed E-state index contributed by atoms with van der Waals surface area (Å²) in [7, 11) is 0. The van der Waals surface area contributed by atoms with Crippen molar-refractivity contribution >= 4 is 6.03 Å². The van der Waals surface area contributed by atoms with Crippen molar-refractivity contribution in [1.29, 1.82) is 0 Å². The molecule has 3 rings (SSSR count). The Balaban J connectivity index is 1.56. The van der Waals surface area contributed by atoms with Gasteiger partial charge in [-0.25, -0.2) is 4.79 Å². The van der Waals surface area contributed by atoms with Crippen LogP contribution < -0.4 is 20.1 Å². The largest absolute Gasteiger partial charge is 0.486 e. The highest BCUT2D eigenvalue weighted by atomic mass is 16.6. The van der Waals surface area contributed by atoms with Crippen LogP contribution in [0.3, 0.4) is 0 Å². The van der Waals surface area contributed by atoms with Crippen molar-refractivity contribution in [2.75, 3.05) is 13.2 Å². The van der Waals surface area contributed by atoms with E-state index in [-0.39, 0.29) is 12.1 Å². The molecule has 0 unspecified atom stereocenters. The summed E-state index contributed by atoms with van der Waals surface area (Å²) in [5.41, 5.74) is 1.88. The molecule has 0 aliphatic carbocycles. The van der Waals surface area contributed by atoms with Gasteiger partial charge in [-0.1, -0.05) is 6.07 Å². The SMILES string of the molecule is C[C@@H](NC(=O)NCc1ccoc1)c1ccc2c(c1)OCCO2. The number of amides is 2. The molecule has 116 valence electrons. The van der Waals surface area contributed by atoms with Crippen LogP contribution >= 0.6 is 0 Å². The van der Waals surface area contributed by atoms with Crippen LogP contribution in [0.25, 0.3) is 0 Å². The standard InChI is InChI=1S/C16H18N2O4/c1-11(18-16(19)17-9-12-4-5-20-10-12)13-2-3-14-15(8-13)22-7-6-21-14/h2-5,8,10-11H,6-7,9H2,1H3,(H2,17,18,19)/t11-/m1/s1. The number of furan rings is 1. The Morgan fingerprint density at radius 3 is 2.82 bits per heavy atom. The monoisotopic (exact) mass is 302 g/mol. The smallest absolute Gasteiger partial charge is 0.315 e. The normalized spacial score (nSPS) is 14.2. The lowest BCUT2D eigenvalue weighted by Crippen LogP contribution is -2.36. The number of fused-ring (bicyclic) bond motifs is 1. The van der Waals surface area contributed by atoms with Gasteiger partial charge in [0.15, 0.2) is 11.5 Å². The second-order valence-corrected chi connectivity index (χ2v) is 5.08. The van der Waals surface area contributed by atoms with Gasteiger partial charge in [0.1, 0.15) is 13.2 Å². The molecule has 1 aromatic heterocycles. The number of urea groups is 1. The molecule has 6 heteroatoms. The van der Waals surface area contributed by atoms with E-state index in [0.717, 1.165) is 22.6 Å². The van der Waals surface area contributed by atoms with Gasteiger partial charge in [0, 0.05) is 12.1 Å². The van der Waals surface area contributed by atoms with Gasteiger partial charge < -0.3 is 24.5 Å².